The number of hydrogen-bond donors (Lipinski definition) is 0. The summed E-state index contributed by atoms with van der Waals surface area (Å²) >= 11 is 3.03. The number of sulfone groups is 1. The summed E-state index contributed by atoms with van der Waals surface area (Å²) in [6.07, 6.45) is 3.21. The molecule has 2 heterocycles. The minimum Gasteiger partial charge on any atom is -0.288 e. The van der Waals surface area contributed by atoms with Crippen LogP contribution in [0.4, 0.5) is 5.13 Å². The SMILES string of the molecule is CCCC(=O)N(CCc1cccs1)c1nc2ccc(S(C)(=O)=O)cc2s1. The standard InChI is InChI=1S/C18H20N2O3S3/c1-3-5-17(21)20(10-9-13-6-4-11-24-13)18-19-15-8-7-14(26(2,22)23)12-16(15)25-18/h4,6-8,11-12H,3,5,9-10H2,1-2H3. The first-order valence-electron chi connectivity index (χ1n) is 8.32. The molecule has 0 bridgehead atoms. The number of carbonyl (C=O) groups excluding carboxylic acids is 1. The van der Waals surface area contributed by atoms with Gasteiger partial charge in [0.25, 0.3) is 0 Å². The molecular weight excluding hydrogens is 388 g/mol. The van der Waals surface area contributed by atoms with Crippen LogP contribution in [0, 0.1) is 0 Å². The molecule has 0 aliphatic rings. The van der Waals surface area contributed by atoms with Crippen molar-refractivity contribution in [1.82, 2.24) is 4.98 Å². The monoisotopic (exact) mass is 408 g/mol. The Morgan fingerprint density at radius 3 is 2.73 bits per heavy atom. The molecule has 3 rings (SSSR count). The Bertz CT molecular complexity index is 1010. The van der Waals surface area contributed by atoms with Gasteiger partial charge in [-0.15, -0.1) is 11.3 Å². The minimum absolute atomic E-state index is 0.0476. The molecule has 0 radical (unpaired) electrons. The predicted octanol–water partition coefficient (Wildman–Crippen LogP) is 4.14. The molecule has 0 saturated carbocycles. The fourth-order valence-corrected chi connectivity index (χ4v) is 5.06. The van der Waals surface area contributed by atoms with E-state index in [-0.39, 0.29) is 10.8 Å². The van der Waals surface area contributed by atoms with Crippen LogP contribution in [0.3, 0.4) is 0 Å². The highest BCUT2D eigenvalue weighted by atomic mass is 32.2. The van der Waals surface area contributed by atoms with Crippen LogP contribution in [0.5, 0.6) is 0 Å². The number of anilines is 1. The number of hydrogen-bond acceptors (Lipinski definition) is 6. The lowest BCUT2D eigenvalue weighted by molar-refractivity contribution is -0.118. The van der Waals surface area contributed by atoms with Gasteiger partial charge in [0.1, 0.15) is 0 Å². The summed E-state index contributed by atoms with van der Waals surface area (Å²) < 4.78 is 24.3. The van der Waals surface area contributed by atoms with Crippen molar-refractivity contribution in [2.24, 2.45) is 0 Å². The number of fused-ring (bicyclic) bond motifs is 1. The molecule has 26 heavy (non-hydrogen) atoms. The minimum atomic E-state index is -3.27. The zero-order valence-electron chi connectivity index (χ0n) is 14.6. The van der Waals surface area contributed by atoms with Gasteiger partial charge in [0, 0.05) is 24.1 Å². The topological polar surface area (TPSA) is 67.3 Å². The van der Waals surface area contributed by atoms with Crippen LogP contribution in [-0.2, 0) is 21.1 Å². The van der Waals surface area contributed by atoms with E-state index in [9.17, 15) is 13.2 Å². The molecule has 1 aromatic carbocycles. The largest absolute Gasteiger partial charge is 0.288 e. The summed E-state index contributed by atoms with van der Waals surface area (Å²) in [5.41, 5.74) is 0.711. The van der Waals surface area contributed by atoms with Crippen LogP contribution in [0.15, 0.2) is 40.6 Å². The maximum absolute atomic E-state index is 12.6. The molecule has 2 aromatic heterocycles. The van der Waals surface area contributed by atoms with E-state index in [0.717, 1.165) is 17.5 Å². The van der Waals surface area contributed by atoms with Crippen LogP contribution >= 0.6 is 22.7 Å². The normalized spacial score (nSPS) is 11.8. The first-order valence-corrected chi connectivity index (χ1v) is 11.9. The maximum atomic E-state index is 12.6. The van der Waals surface area contributed by atoms with E-state index in [1.165, 1.54) is 22.5 Å². The summed E-state index contributed by atoms with van der Waals surface area (Å²) in [6, 6.07) is 8.96. The highest BCUT2D eigenvalue weighted by Gasteiger charge is 2.20. The van der Waals surface area contributed by atoms with Crippen molar-refractivity contribution in [3.63, 3.8) is 0 Å². The summed E-state index contributed by atoms with van der Waals surface area (Å²) in [5, 5.41) is 2.65. The molecule has 0 N–H and O–H groups in total. The van der Waals surface area contributed by atoms with Crippen molar-refractivity contribution < 1.29 is 13.2 Å². The third kappa shape index (κ3) is 4.31. The van der Waals surface area contributed by atoms with E-state index in [2.05, 4.69) is 11.1 Å². The van der Waals surface area contributed by atoms with Gasteiger partial charge in [0.05, 0.1) is 15.1 Å². The number of benzene rings is 1. The average Bonchev–Trinajstić information content (AvgIpc) is 3.22. The second kappa shape index (κ2) is 7.85. The van der Waals surface area contributed by atoms with Gasteiger partial charge in [-0.25, -0.2) is 13.4 Å². The number of carbonyl (C=O) groups is 1. The van der Waals surface area contributed by atoms with Gasteiger partial charge in [0.15, 0.2) is 15.0 Å². The Labute approximate surface area is 161 Å². The van der Waals surface area contributed by atoms with E-state index in [1.807, 2.05) is 18.4 Å². The average molecular weight is 409 g/mol. The molecule has 5 nitrogen and oxygen atoms in total. The van der Waals surface area contributed by atoms with Crippen molar-refractivity contribution in [3.05, 3.63) is 40.6 Å². The van der Waals surface area contributed by atoms with E-state index in [0.29, 0.717) is 23.6 Å². The molecule has 8 heteroatoms. The highest BCUT2D eigenvalue weighted by Crippen LogP contribution is 2.31. The van der Waals surface area contributed by atoms with Gasteiger partial charge in [0.2, 0.25) is 5.91 Å². The zero-order chi connectivity index (χ0) is 18.7. The van der Waals surface area contributed by atoms with E-state index in [1.54, 1.807) is 34.4 Å². The molecule has 0 fully saturated rings. The Morgan fingerprint density at radius 1 is 1.27 bits per heavy atom. The molecule has 0 spiro atoms. The van der Waals surface area contributed by atoms with E-state index in [4.69, 9.17) is 0 Å². The second-order valence-corrected chi connectivity index (χ2v) is 10.1. The van der Waals surface area contributed by atoms with Crippen molar-refractivity contribution in [1.29, 1.82) is 0 Å². The number of aromatic nitrogens is 1. The zero-order valence-corrected chi connectivity index (χ0v) is 17.1. The van der Waals surface area contributed by atoms with Gasteiger partial charge >= 0.3 is 0 Å². The van der Waals surface area contributed by atoms with Crippen LogP contribution in [0.2, 0.25) is 0 Å². The molecule has 138 valence electrons. The Morgan fingerprint density at radius 2 is 2.08 bits per heavy atom. The number of nitrogens with zero attached hydrogens (tertiary/aromatic N) is 2. The lowest BCUT2D eigenvalue weighted by Crippen LogP contribution is -2.32. The summed E-state index contributed by atoms with van der Waals surface area (Å²) in [5.74, 6) is 0.0476. The number of thiophene rings is 1. The van der Waals surface area contributed by atoms with Gasteiger partial charge in [-0.3, -0.25) is 9.69 Å². The molecule has 0 unspecified atom stereocenters. The number of thiazole rings is 1. The maximum Gasteiger partial charge on any atom is 0.228 e. The first-order chi connectivity index (χ1) is 12.4. The van der Waals surface area contributed by atoms with Gasteiger partial charge in [-0.2, -0.15) is 0 Å². The molecule has 0 aliphatic carbocycles. The van der Waals surface area contributed by atoms with Crippen molar-refractivity contribution in [3.8, 4) is 0 Å². The van der Waals surface area contributed by atoms with Crippen LogP contribution in [0.1, 0.15) is 24.6 Å². The molecule has 0 aliphatic heterocycles. The first kappa shape index (κ1) is 19.0. The fraction of sp³-hybridized carbons (Fsp3) is 0.333. The van der Waals surface area contributed by atoms with Crippen LogP contribution in [0.25, 0.3) is 10.2 Å². The van der Waals surface area contributed by atoms with Crippen LogP contribution < -0.4 is 4.90 Å². The Balaban J connectivity index is 1.92. The van der Waals surface area contributed by atoms with Gasteiger partial charge < -0.3 is 0 Å². The lowest BCUT2D eigenvalue weighted by Gasteiger charge is -2.19. The molecule has 0 saturated heterocycles. The summed E-state index contributed by atoms with van der Waals surface area (Å²) in [6.45, 7) is 2.55. The molecule has 0 atom stereocenters. The van der Waals surface area contributed by atoms with Crippen LogP contribution in [-0.4, -0.2) is 32.1 Å². The summed E-state index contributed by atoms with van der Waals surface area (Å²) in [7, 11) is -3.27. The Hall–Kier alpha value is -1.77. The quantitative estimate of drug-likeness (QED) is 0.589. The lowest BCUT2D eigenvalue weighted by atomic mass is 10.2. The van der Waals surface area contributed by atoms with Crippen molar-refractivity contribution in [2.75, 3.05) is 17.7 Å². The Kier molecular flexibility index (Phi) is 5.74. The predicted molar refractivity (Wildman–Crippen MR) is 108 cm³/mol. The highest BCUT2D eigenvalue weighted by molar-refractivity contribution is 7.90. The van der Waals surface area contributed by atoms with E-state index >= 15 is 0 Å². The molecule has 3 aromatic rings. The smallest absolute Gasteiger partial charge is 0.228 e. The van der Waals surface area contributed by atoms with Crippen molar-refractivity contribution in [2.45, 2.75) is 31.1 Å². The van der Waals surface area contributed by atoms with Gasteiger partial charge in [-0.1, -0.05) is 24.3 Å². The molecular formula is C18H20N2O3S3. The second-order valence-electron chi connectivity index (χ2n) is 6.02. The third-order valence-electron chi connectivity index (χ3n) is 3.93. The number of rotatable bonds is 7. The summed E-state index contributed by atoms with van der Waals surface area (Å²) in [4.78, 5) is 20.4. The molecule has 1 amide bonds. The van der Waals surface area contributed by atoms with E-state index < -0.39 is 9.84 Å². The fourth-order valence-electron chi connectivity index (χ4n) is 2.59. The van der Waals surface area contributed by atoms with Crippen molar-refractivity contribution >= 4 is 53.8 Å². The van der Waals surface area contributed by atoms with Gasteiger partial charge in [-0.05, 0) is 42.5 Å². The third-order valence-corrected chi connectivity index (χ3v) is 7.02. The number of amides is 1.